The molecule has 0 atom stereocenters. The minimum atomic E-state index is -5.08. The molecule has 15 heavy (non-hydrogen) atoms. The molecule has 1 rings (SSSR count). The van der Waals surface area contributed by atoms with Crippen LogP contribution in [-0.4, -0.2) is 33.3 Å². The largest absolute Gasteiger partial charge is 0.490 e. The van der Waals surface area contributed by atoms with Gasteiger partial charge in [-0.05, 0) is 12.1 Å². The molecular weight excluding hydrogens is 219 g/mol. The van der Waals surface area contributed by atoms with Crippen molar-refractivity contribution in [1.82, 2.24) is 4.98 Å². The Labute approximate surface area is 81.1 Å². The van der Waals surface area contributed by atoms with Crippen LogP contribution in [0.2, 0.25) is 0 Å². The van der Waals surface area contributed by atoms with E-state index in [0.29, 0.717) is 0 Å². The molecule has 1 aromatic rings. The van der Waals surface area contributed by atoms with Gasteiger partial charge < -0.3 is 15.2 Å². The second-order valence-electron chi connectivity index (χ2n) is 2.19. The Kier molecular flexibility index (Phi) is 4.36. The van der Waals surface area contributed by atoms with Gasteiger partial charge >= 0.3 is 18.1 Å². The number of halogens is 3. The van der Waals surface area contributed by atoms with Gasteiger partial charge in [0.2, 0.25) is 0 Å². The van der Waals surface area contributed by atoms with Gasteiger partial charge in [0.15, 0.2) is 0 Å². The summed E-state index contributed by atoms with van der Waals surface area (Å²) in [6.07, 6.45) is -3.51. The molecule has 1 heterocycles. The van der Waals surface area contributed by atoms with Crippen LogP contribution in [0.5, 0.6) is 0 Å². The molecule has 0 aliphatic rings. The van der Waals surface area contributed by atoms with E-state index in [1.807, 2.05) is 0 Å². The molecule has 0 fully saturated rings. The van der Waals surface area contributed by atoms with Crippen LogP contribution in [0.3, 0.4) is 0 Å². The van der Waals surface area contributed by atoms with Crippen molar-refractivity contribution in [2.75, 3.05) is 0 Å². The molecule has 8 heteroatoms. The van der Waals surface area contributed by atoms with Crippen molar-refractivity contribution in [2.45, 2.75) is 6.18 Å². The fourth-order valence-corrected chi connectivity index (χ4v) is 0.463. The highest BCUT2D eigenvalue weighted by Crippen LogP contribution is 2.13. The minimum absolute atomic E-state index is 0.227. The number of hydrogen-bond acceptors (Lipinski definition) is 2. The van der Waals surface area contributed by atoms with Crippen molar-refractivity contribution >= 4 is 11.9 Å². The highest BCUT2D eigenvalue weighted by atomic mass is 19.4. The standard InChI is InChI=1S/C5H5NO2.C2HF3O2/c7-5(8)4-2-1-3-6-4;3-2(4,5)1(6)7/h1-3,6H,(H,7,8);(H,6,7). The third-order valence-electron chi connectivity index (χ3n) is 1.07. The molecular formula is C7H6F3NO4. The topological polar surface area (TPSA) is 90.4 Å². The summed E-state index contributed by atoms with van der Waals surface area (Å²) in [7, 11) is 0. The molecule has 0 bridgehead atoms. The molecule has 3 N–H and O–H groups in total. The molecule has 0 saturated carbocycles. The van der Waals surface area contributed by atoms with Crippen molar-refractivity contribution in [3.63, 3.8) is 0 Å². The highest BCUT2D eigenvalue weighted by molar-refractivity contribution is 5.85. The number of carboxylic acids is 2. The van der Waals surface area contributed by atoms with Crippen LogP contribution in [-0.2, 0) is 4.79 Å². The highest BCUT2D eigenvalue weighted by Gasteiger charge is 2.38. The van der Waals surface area contributed by atoms with E-state index in [9.17, 15) is 18.0 Å². The Morgan fingerprint density at radius 3 is 1.87 bits per heavy atom. The number of nitrogens with one attached hydrogen (secondary N) is 1. The van der Waals surface area contributed by atoms with Gasteiger partial charge in [-0.15, -0.1) is 0 Å². The molecule has 0 saturated heterocycles. The Balaban J connectivity index is 0.000000265. The van der Waals surface area contributed by atoms with Gasteiger partial charge in [-0.2, -0.15) is 13.2 Å². The number of aromatic nitrogens is 1. The quantitative estimate of drug-likeness (QED) is 0.672. The van der Waals surface area contributed by atoms with Crippen molar-refractivity contribution < 1.29 is 33.0 Å². The number of carboxylic acid groups (broad SMARTS) is 2. The molecule has 0 unspecified atom stereocenters. The lowest BCUT2D eigenvalue weighted by Crippen LogP contribution is -2.21. The van der Waals surface area contributed by atoms with Gasteiger partial charge in [-0.1, -0.05) is 0 Å². The van der Waals surface area contributed by atoms with Crippen LogP contribution in [0.25, 0.3) is 0 Å². The summed E-state index contributed by atoms with van der Waals surface area (Å²) in [6, 6.07) is 3.14. The predicted octanol–water partition coefficient (Wildman–Crippen LogP) is 1.35. The van der Waals surface area contributed by atoms with Crippen LogP contribution in [0, 0.1) is 0 Å². The van der Waals surface area contributed by atoms with Gasteiger partial charge in [-0.3, -0.25) is 0 Å². The molecule has 0 aliphatic heterocycles. The summed E-state index contributed by atoms with van der Waals surface area (Å²) in [4.78, 5) is 21.5. The average Bonchev–Trinajstić information content (AvgIpc) is 2.54. The molecule has 1 aromatic heterocycles. The zero-order valence-corrected chi connectivity index (χ0v) is 7.08. The first kappa shape index (κ1) is 13.0. The molecule has 84 valence electrons. The van der Waals surface area contributed by atoms with Crippen LogP contribution >= 0.6 is 0 Å². The fourth-order valence-electron chi connectivity index (χ4n) is 0.463. The summed E-state index contributed by atoms with van der Waals surface area (Å²) in [5.74, 6) is -3.68. The van der Waals surface area contributed by atoms with Crippen molar-refractivity contribution in [2.24, 2.45) is 0 Å². The van der Waals surface area contributed by atoms with Crippen LogP contribution in [0.4, 0.5) is 13.2 Å². The Morgan fingerprint density at radius 2 is 1.73 bits per heavy atom. The Hall–Kier alpha value is -1.99. The second kappa shape index (κ2) is 5.03. The lowest BCUT2D eigenvalue weighted by molar-refractivity contribution is -0.192. The van der Waals surface area contributed by atoms with E-state index < -0.39 is 18.1 Å². The number of alkyl halides is 3. The molecule has 0 amide bonds. The second-order valence-corrected chi connectivity index (χ2v) is 2.19. The summed E-state index contributed by atoms with van der Waals surface area (Å²) < 4.78 is 31.7. The summed E-state index contributed by atoms with van der Waals surface area (Å²) in [5.41, 5.74) is 0.227. The van der Waals surface area contributed by atoms with E-state index >= 15 is 0 Å². The zero-order valence-electron chi connectivity index (χ0n) is 7.08. The number of carbonyl (C=O) groups is 2. The van der Waals surface area contributed by atoms with Crippen molar-refractivity contribution in [3.8, 4) is 0 Å². The van der Waals surface area contributed by atoms with Crippen LogP contribution in [0.15, 0.2) is 18.3 Å². The first-order chi connectivity index (χ1) is 6.75. The first-order valence-corrected chi connectivity index (χ1v) is 3.42. The predicted molar refractivity (Wildman–Crippen MR) is 41.4 cm³/mol. The van der Waals surface area contributed by atoms with E-state index in [1.54, 1.807) is 12.3 Å². The van der Waals surface area contributed by atoms with E-state index in [1.165, 1.54) is 6.07 Å². The maximum Gasteiger partial charge on any atom is 0.490 e. The maximum atomic E-state index is 10.6. The lowest BCUT2D eigenvalue weighted by atomic mass is 10.4. The van der Waals surface area contributed by atoms with E-state index in [4.69, 9.17) is 15.0 Å². The minimum Gasteiger partial charge on any atom is -0.477 e. The van der Waals surface area contributed by atoms with Crippen molar-refractivity contribution in [1.29, 1.82) is 0 Å². The number of rotatable bonds is 1. The van der Waals surface area contributed by atoms with Gasteiger partial charge in [0.05, 0.1) is 0 Å². The number of hydrogen-bond donors (Lipinski definition) is 3. The third-order valence-corrected chi connectivity index (χ3v) is 1.07. The Morgan fingerprint density at radius 1 is 1.27 bits per heavy atom. The average molecular weight is 225 g/mol. The number of aromatic carboxylic acids is 1. The van der Waals surface area contributed by atoms with Gasteiger partial charge in [0, 0.05) is 6.20 Å². The number of aromatic amines is 1. The van der Waals surface area contributed by atoms with E-state index in [2.05, 4.69) is 4.98 Å². The number of H-pyrrole nitrogens is 1. The fraction of sp³-hybridized carbons (Fsp3) is 0.143. The molecule has 0 radical (unpaired) electrons. The molecule has 0 spiro atoms. The molecule has 0 aliphatic carbocycles. The lowest BCUT2D eigenvalue weighted by Gasteiger charge is -1.93. The number of aliphatic carboxylic acids is 1. The summed E-state index contributed by atoms with van der Waals surface area (Å²) in [6.45, 7) is 0. The Bertz CT molecular complexity index is 331. The first-order valence-electron chi connectivity index (χ1n) is 3.42. The monoisotopic (exact) mass is 225 g/mol. The van der Waals surface area contributed by atoms with Gasteiger partial charge in [-0.25, -0.2) is 9.59 Å². The van der Waals surface area contributed by atoms with Gasteiger partial charge in [0.25, 0.3) is 0 Å². The zero-order chi connectivity index (χ0) is 12.1. The van der Waals surface area contributed by atoms with Gasteiger partial charge in [0.1, 0.15) is 5.69 Å². The maximum absolute atomic E-state index is 10.6. The van der Waals surface area contributed by atoms with Crippen LogP contribution in [0.1, 0.15) is 10.5 Å². The molecule has 5 nitrogen and oxygen atoms in total. The van der Waals surface area contributed by atoms with E-state index in [-0.39, 0.29) is 5.69 Å². The summed E-state index contributed by atoms with van der Waals surface area (Å²) in [5, 5.41) is 15.4. The smallest absolute Gasteiger partial charge is 0.477 e. The third kappa shape index (κ3) is 5.34. The van der Waals surface area contributed by atoms with Crippen molar-refractivity contribution in [3.05, 3.63) is 24.0 Å². The van der Waals surface area contributed by atoms with E-state index in [0.717, 1.165) is 0 Å². The molecule has 0 aromatic carbocycles. The SMILES string of the molecule is O=C(O)C(F)(F)F.O=C(O)c1ccc[nH]1. The van der Waals surface area contributed by atoms with Crippen LogP contribution < -0.4 is 0 Å². The summed E-state index contributed by atoms with van der Waals surface area (Å²) >= 11 is 0. The normalized spacial score (nSPS) is 10.1.